The second kappa shape index (κ2) is 9.20. The molecule has 25 heavy (non-hydrogen) atoms. The zero-order chi connectivity index (χ0) is 18.3. The molecule has 7 heteroatoms. The number of nitrogens with zero attached hydrogens (tertiary/aromatic N) is 1. The van der Waals surface area contributed by atoms with Gasteiger partial charge >= 0.3 is 0 Å². The lowest BCUT2D eigenvalue weighted by molar-refractivity contribution is -0.118. The van der Waals surface area contributed by atoms with E-state index in [9.17, 15) is 13.2 Å². The van der Waals surface area contributed by atoms with Crippen LogP contribution in [0.25, 0.3) is 0 Å². The van der Waals surface area contributed by atoms with E-state index in [0.29, 0.717) is 24.8 Å². The summed E-state index contributed by atoms with van der Waals surface area (Å²) in [5, 5.41) is 0. The number of primary amides is 1. The Kier molecular flexibility index (Phi) is 7.25. The molecule has 0 aliphatic heterocycles. The first-order valence-electron chi connectivity index (χ1n) is 8.94. The van der Waals surface area contributed by atoms with Gasteiger partial charge in [-0.05, 0) is 43.5 Å². The molecule has 0 saturated heterocycles. The molecule has 2 rings (SSSR count). The maximum absolute atomic E-state index is 12.9. The number of hydrogen-bond acceptors (Lipinski definition) is 4. The summed E-state index contributed by atoms with van der Waals surface area (Å²) in [7, 11) is -3.75. The second-order valence-corrected chi connectivity index (χ2v) is 8.44. The number of carbonyl (C=O) groups excluding carboxylic acids is 1. The molecule has 1 aromatic carbocycles. The van der Waals surface area contributed by atoms with Crippen molar-refractivity contribution in [3.63, 3.8) is 0 Å². The van der Waals surface area contributed by atoms with Gasteiger partial charge in [0.1, 0.15) is 5.75 Å². The predicted molar refractivity (Wildman–Crippen MR) is 96.8 cm³/mol. The fourth-order valence-corrected chi connectivity index (χ4v) is 4.71. The van der Waals surface area contributed by atoms with Crippen LogP contribution in [-0.4, -0.2) is 38.3 Å². The molecule has 0 radical (unpaired) electrons. The van der Waals surface area contributed by atoms with E-state index in [1.165, 1.54) is 35.7 Å². The van der Waals surface area contributed by atoms with E-state index in [-0.39, 0.29) is 11.4 Å². The van der Waals surface area contributed by atoms with Crippen LogP contribution in [0.3, 0.4) is 0 Å². The lowest BCUT2D eigenvalue weighted by Crippen LogP contribution is -2.39. The molecule has 6 nitrogen and oxygen atoms in total. The summed E-state index contributed by atoms with van der Waals surface area (Å²) in [5.41, 5.74) is 5.28. The van der Waals surface area contributed by atoms with Crippen LogP contribution in [0.5, 0.6) is 5.75 Å². The third-order valence-electron chi connectivity index (χ3n) is 4.62. The van der Waals surface area contributed by atoms with Crippen LogP contribution in [0, 0.1) is 5.92 Å². The average Bonchev–Trinajstić information content (AvgIpc) is 2.60. The topological polar surface area (TPSA) is 89.7 Å². The summed E-state index contributed by atoms with van der Waals surface area (Å²) in [6.07, 6.45) is 6.69. The molecule has 0 unspecified atom stereocenters. The number of carbonyl (C=O) groups is 1. The van der Waals surface area contributed by atoms with Gasteiger partial charge in [0.25, 0.3) is 0 Å². The van der Waals surface area contributed by atoms with Gasteiger partial charge in [-0.1, -0.05) is 32.1 Å². The normalized spacial score (nSPS) is 16.1. The number of rotatable bonds is 9. The van der Waals surface area contributed by atoms with Crippen LogP contribution in [0.15, 0.2) is 29.2 Å². The molecule has 1 aliphatic rings. The van der Waals surface area contributed by atoms with Gasteiger partial charge in [0, 0.05) is 6.54 Å². The Morgan fingerprint density at radius 1 is 1.20 bits per heavy atom. The first-order valence-corrected chi connectivity index (χ1v) is 10.4. The van der Waals surface area contributed by atoms with Crippen LogP contribution >= 0.6 is 0 Å². The minimum atomic E-state index is -3.75. The number of amides is 1. The van der Waals surface area contributed by atoms with Gasteiger partial charge in [-0.15, -0.1) is 0 Å². The fraction of sp³-hybridized carbons (Fsp3) is 0.611. The van der Waals surface area contributed by atoms with Gasteiger partial charge in [-0.2, -0.15) is 4.31 Å². The standard InChI is InChI=1S/C18H28N2O4S/c1-2-24-16-8-10-17(11-9-16)25(22,23)20(14-18(19)21)13-12-15-6-4-3-5-7-15/h8-11,15H,2-7,12-14H2,1H3,(H2,19,21). The maximum atomic E-state index is 12.9. The fourth-order valence-electron chi connectivity index (χ4n) is 3.28. The number of nitrogens with two attached hydrogens (primary N) is 1. The molecule has 1 saturated carbocycles. The molecule has 0 bridgehead atoms. The molecule has 0 aromatic heterocycles. The Labute approximate surface area is 150 Å². The van der Waals surface area contributed by atoms with E-state index in [0.717, 1.165) is 19.3 Å². The number of benzene rings is 1. The largest absolute Gasteiger partial charge is 0.494 e. The van der Waals surface area contributed by atoms with Crippen LogP contribution in [0.2, 0.25) is 0 Å². The van der Waals surface area contributed by atoms with Crippen LogP contribution < -0.4 is 10.5 Å². The smallest absolute Gasteiger partial charge is 0.243 e. The van der Waals surface area contributed by atoms with Crippen molar-refractivity contribution in [3.8, 4) is 5.75 Å². The highest BCUT2D eigenvalue weighted by Gasteiger charge is 2.27. The molecule has 0 atom stereocenters. The summed E-state index contributed by atoms with van der Waals surface area (Å²) >= 11 is 0. The number of ether oxygens (including phenoxy) is 1. The van der Waals surface area contributed by atoms with Gasteiger partial charge < -0.3 is 10.5 Å². The van der Waals surface area contributed by atoms with Crippen molar-refractivity contribution in [2.75, 3.05) is 19.7 Å². The highest BCUT2D eigenvalue weighted by Crippen LogP contribution is 2.27. The lowest BCUT2D eigenvalue weighted by Gasteiger charge is -2.26. The minimum Gasteiger partial charge on any atom is -0.494 e. The average molecular weight is 368 g/mol. The van der Waals surface area contributed by atoms with Gasteiger partial charge in [0.2, 0.25) is 15.9 Å². The third kappa shape index (κ3) is 5.71. The zero-order valence-corrected chi connectivity index (χ0v) is 15.6. The second-order valence-electron chi connectivity index (χ2n) is 6.50. The van der Waals surface area contributed by atoms with Crippen LogP contribution in [0.4, 0.5) is 0 Å². The molecule has 1 aromatic rings. The summed E-state index contributed by atoms with van der Waals surface area (Å²) in [5.74, 6) is 0.503. The Balaban J connectivity index is 2.11. The van der Waals surface area contributed by atoms with E-state index in [2.05, 4.69) is 0 Å². The van der Waals surface area contributed by atoms with Crippen molar-refractivity contribution >= 4 is 15.9 Å². The molecule has 1 amide bonds. The Bertz CT molecular complexity index is 652. The molecule has 0 heterocycles. The summed E-state index contributed by atoms with van der Waals surface area (Å²) in [6.45, 7) is 2.41. The zero-order valence-electron chi connectivity index (χ0n) is 14.8. The van der Waals surface area contributed by atoms with Crippen LogP contribution in [-0.2, 0) is 14.8 Å². The quantitative estimate of drug-likeness (QED) is 0.725. The van der Waals surface area contributed by atoms with E-state index in [4.69, 9.17) is 10.5 Å². The van der Waals surface area contributed by atoms with E-state index in [1.807, 2.05) is 6.92 Å². The maximum Gasteiger partial charge on any atom is 0.243 e. The van der Waals surface area contributed by atoms with Crippen LogP contribution in [0.1, 0.15) is 45.4 Å². The molecular weight excluding hydrogens is 340 g/mol. The van der Waals surface area contributed by atoms with Crippen molar-refractivity contribution in [2.24, 2.45) is 11.7 Å². The summed E-state index contributed by atoms with van der Waals surface area (Å²) in [6, 6.07) is 6.27. The SMILES string of the molecule is CCOc1ccc(S(=O)(=O)N(CCC2CCCCC2)CC(N)=O)cc1. The first kappa shape index (κ1) is 19.7. The Morgan fingerprint density at radius 2 is 1.84 bits per heavy atom. The summed E-state index contributed by atoms with van der Waals surface area (Å²) in [4.78, 5) is 11.5. The van der Waals surface area contributed by atoms with E-state index in [1.54, 1.807) is 12.1 Å². The van der Waals surface area contributed by atoms with Gasteiger partial charge in [0.05, 0.1) is 18.0 Å². The highest BCUT2D eigenvalue weighted by atomic mass is 32.2. The van der Waals surface area contributed by atoms with E-state index >= 15 is 0 Å². The predicted octanol–water partition coefficient (Wildman–Crippen LogP) is 2.53. The molecule has 1 fully saturated rings. The molecular formula is C18H28N2O4S. The Morgan fingerprint density at radius 3 is 2.40 bits per heavy atom. The molecule has 140 valence electrons. The van der Waals surface area contributed by atoms with Gasteiger partial charge in [-0.25, -0.2) is 8.42 Å². The van der Waals surface area contributed by atoms with Crippen molar-refractivity contribution in [1.29, 1.82) is 0 Å². The molecule has 2 N–H and O–H groups in total. The van der Waals surface area contributed by atoms with E-state index < -0.39 is 15.9 Å². The van der Waals surface area contributed by atoms with Crippen molar-refractivity contribution in [2.45, 2.75) is 50.3 Å². The highest BCUT2D eigenvalue weighted by molar-refractivity contribution is 7.89. The monoisotopic (exact) mass is 368 g/mol. The molecule has 0 spiro atoms. The minimum absolute atomic E-state index is 0.154. The van der Waals surface area contributed by atoms with Gasteiger partial charge in [-0.3, -0.25) is 4.79 Å². The van der Waals surface area contributed by atoms with Gasteiger partial charge in [0.15, 0.2) is 0 Å². The number of sulfonamides is 1. The first-order chi connectivity index (χ1) is 11.9. The number of hydrogen-bond donors (Lipinski definition) is 1. The van der Waals surface area contributed by atoms with Crippen molar-refractivity contribution in [1.82, 2.24) is 4.31 Å². The van der Waals surface area contributed by atoms with Crippen molar-refractivity contribution < 1.29 is 17.9 Å². The molecule has 1 aliphatic carbocycles. The lowest BCUT2D eigenvalue weighted by atomic mass is 9.87. The third-order valence-corrected chi connectivity index (χ3v) is 6.48. The summed E-state index contributed by atoms with van der Waals surface area (Å²) < 4.78 is 32.3. The Hall–Kier alpha value is -1.60. The van der Waals surface area contributed by atoms with Crippen molar-refractivity contribution in [3.05, 3.63) is 24.3 Å².